The zero-order chi connectivity index (χ0) is 18.5. The van der Waals surface area contributed by atoms with Crippen molar-refractivity contribution in [3.05, 3.63) is 60.2 Å². The molecule has 2 N–H and O–H groups in total. The number of amides is 2. The average Bonchev–Trinajstić information content (AvgIpc) is 2.94. The molecule has 0 aromatic heterocycles. The molecule has 2 aromatic carbocycles. The van der Waals surface area contributed by atoms with Gasteiger partial charge in [0.15, 0.2) is 6.04 Å². The van der Waals surface area contributed by atoms with E-state index < -0.39 is 0 Å². The van der Waals surface area contributed by atoms with Crippen LogP contribution in [0, 0.1) is 0 Å². The number of hydrogen-bond acceptors (Lipinski definition) is 3. The summed E-state index contributed by atoms with van der Waals surface area (Å²) in [6, 6.07) is 16.9. The van der Waals surface area contributed by atoms with Gasteiger partial charge >= 0.3 is 0 Å². The third-order valence-electron chi connectivity index (χ3n) is 4.60. The van der Waals surface area contributed by atoms with Crippen molar-refractivity contribution in [1.82, 2.24) is 0 Å². The van der Waals surface area contributed by atoms with E-state index in [9.17, 15) is 9.59 Å². The Hall–Kier alpha value is -2.66. The van der Waals surface area contributed by atoms with Gasteiger partial charge in [-0.3, -0.25) is 9.59 Å². The predicted octanol–water partition coefficient (Wildman–Crippen LogP) is 2.43. The Bertz CT molecular complexity index is 759. The van der Waals surface area contributed by atoms with Crippen LogP contribution < -0.4 is 15.0 Å². The van der Waals surface area contributed by atoms with Crippen molar-refractivity contribution in [3.8, 4) is 5.75 Å². The van der Waals surface area contributed by atoms with Crippen LogP contribution in [0.3, 0.4) is 0 Å². The van der Waals surface area contributed by atoms with E-state index in [0.717, 1.165) is 17.7 Å². The molecule has 3 rings (SSSR count). The topological polar surface area (TPSA) is 63.2 Å². The Morgan fingerprint density at radius 3 is 2.46 bits per heavy atom. The highest BCUT2D eigenvalue weighted by molar-refractivity contribution is 6.21. The van der Waals surface area contributed by atoms with Gasteiger partial charge in [-0.25, -0.2) is 4.90 Å². The van der Waals surface area contributed by atoms with Crippen LogP contribution in [0.2, 0.25) is 0 Å². The zero-order valence-electron chi connectivity index (χ0n) is 15.2. The minimum absolute atomic E-state index is 0.114. The van der Waals surface area contributed by atoms with E-state index in [1.165, 1.54) is 4.90 Å². The Kier molecular flexibility index (Phi) is 5.68. The summed E-state index contributed by atoms with van der Waals surface area (Å²) in [7, 11) is 0. The summed E-state index contributed by atoms with van der Waals surface area (Å²) in [5, 5.41) is 1.98. The van der Waals surface area contributed by atoms with Crippen LogP contribution in [-0.2, 0) is 9.59 Å². The minimum Gasteiger partial charge on any atom is -0.494 e. The molecule has 26 heavy (non-hydrogen) atoms. The molecule has 2 aromatic rings. The molecule has 1 heterocycles. The molecule has 1 fully saturated rings. The number of ether oxygens (including phenoxy) is 1. The van der Waals surface area contributed by atoms with Crippen LogP contribution in [-0.4, -0.2) is 24.5 Å². The fourth-order valence-corrected chi connectivity index (χ4v) is 3.20. The lowest BCUT2D eigenvalue weighted by atomic mass is 10.1. The third-order valence-corrected chi connectivity index (χ3v) is 4.60. The van der Waals surface area contributed by atoms with Gasteiger partial charge in [-0.15, -0.1) is 0 Å². The summed E-state index contributed by atoms with van der Waals surface area (Å²) < 4.78 is 5.55. The maximum absolute atomic E-state index is 12.8. The molecule has 0 unspecified atom stereocenters. The molecule has 2 amide bonds. The Morgan fingerprint density at radius 1 is 1.12 bits per heavy atom. The van der Waals surface area contributed by atoms with Gasteiger partial charge in [-0.2, -0.15) is 0 Å². The molecular formula is C21H25N2O3+. The normalized spacial score (nSPS) is 18.2. The molecule has 5 heteroatoms. The Morgan fingerprint density at radius 2 is 1.81 bits per heavy atom. The van der Waals surface area contributed by atoms with E-state index in [1.54, 1.807) is 24.3 Å². The molecule has 1 aliphatic rings. The van der Waals surface area contributed by atoms with Gasteiger partial charge in [0.1, 0.15) is 11.8 Å². The molecule has 2 atom stereocenters. The monoisotopic (exact) mass is 353 g/mol. The largest absolute Gasteiger partial charge is 0.494 e. The van der Waals surface area contributed by atoms with E-state index in [0.29, 0.717) is 12.3 Å². The van der Waals surface area contributed by atoms with Gasteiger partial charge in [-0.05, 0) is 37.6 Å². The lowest BCUT2D eigenvalue weighted by molar-refractivity contribution is -0.711. The van der Waals surface area contributed by atoms with Gasteiger partial charge in [0.2, 0.25) is 5.91 Å². The highest BCUT2D eigenvalue weighted by Gasteiger charge is 2.43. The van der Waals surface area contributed by atoms with Gasteiger partial charge in [0.25, 0.3) is 5.91 Å². The highest BCUT2D eigenvalue weighted by atomic mass is 16.5. The van der Waals surface area contributed by atoms with Crippen LogP contribution in [0.4, 0.5) is 5.69 Å². The van der Waals surface area contributed by atoms with E-state index in [2.05, 4.69) is 6.92 Å². The number of nitrogens with zero attached hydrogens (tertiary/aromatic N) is 1. The number of carbonyl (C=O) groups is 2. The molecular weight excluding hydrogens is 328 g/mol. The number of quaternary nitrogens is 1. The molecule has 1 saturated heterocycles. The average molecular weight is 353 g/mol. The number of hydrogen-bond donors (Lipinski definition) is 1. The van der Waals surface area contributed by atoms with Crippen LogP contribution in [0.5, 0.6) is 5.75 Å². The molecule has 0 saturated carbocycles. The van der Waals surface area contributed by atoms with Crippen LogP contribution in [0.15, 0.2) is 54.6 Å². The van der Waals surface area contributed by atoms with Gasteiger partial charge in [-0.1, -0.05) is 37.3 Å². The molecule has 0 radical (unpaired) electrons. The number of carbonyl (C=O) groups excluding carboxylic acids is 2. The molecule has 5 nitrogen and oxygen atoms in total. The second-order valence-electron chi connectivity index (χ2n) is 6.61. The fraction of sp³-hybridized carbons (Fsp3) is 0.333. The van der Waals surface area contributed by atoms with E-state index in [-0.39, 0.29) is 30.3 Å². The Balaban J connectivity index is 1.68. The fourth-order valence-electron chi connectivity index (χ4n) is 3.20. The van der Waals surface area contributed by atoms with Crippen molar-refractivity contribution < 1.29 is 19.6 Å². The van der Waals surface area contributed by atoms with Crippen LogP contribution >= 0.6 is 0 Å². The first-order valence-electron chi connectivity index (χ1n) is 9.09. The summed E-state index contributed by atoms with van der Waals surface area (Å²) >= 11 is 0. The first kappa shape index (κ1) is 18.1. The highest BCUT2D eigenvalue weighted by Crippen LogP contribution is 2.24. The summed E-state index contributed by atoms with van der Waals surface area (Å²) in [5.74, 6) is 0.439. The number of benzene rings is 2. The van der Waals surface area contributed by atoms with Crippen molar-refractivity contribution in [2.45, 2.75) is 38.8 Å². The van der Waals surface area contributed by atoms with Crippen LogP contribution in [0.1, 0.15) is 38.3 Å². The van der Waals surface area contributed by atoms with Gasteiger partial charge in [0, 0.05) is 5.56 Å². The number of nitrogens with two attached hydrogens (primary N) is 1. The minimum atomic E-state index is -0.381. The molecule has 1 aliphatic heterocycles. The smallest absolute Gasteiger partial charge is 0.292 e. The van der Waals surface area contributed by atoms with Gasteiger partial charge in [0.05, 0.1) is 18.7 Å². The molecule has 0 bridgehead atoms. The Labute approximate surface area is 154 Å². The summed E-state index contributed by atoms with van der Waals surface area (Å²) in [6.45, 7) is 4.74. The maximum Gasteiger partial charge on any atom is 0.292 e. The SMILES string of the molecule is CCCOc1ccc(N2C(=O)C[C@@H]([NH2+][C@@H](C)c3ccccc3)C2=O)cc1. The van der Waals surface area contributed by atoms with Crippen molar-refractivity contribution in [1.29, 1.82) is 0 Å². The second kappa shape index (κ2) is 8.15. The molecule has 136 valence electrons. The van der Waals surface area contributed by atoms with Crippen LogP contribution in [0.25, 0.3) is 0 Å². The zero-order valence-corrected chi connectivity index (χ0v) is 15.2. The van der Waals surface area contributed by atoms with Crippen molar-refractivity contribution in [2.24, 2.45) is 0 Å². The lowest BCUT2D eigenvalue weighted by Gasteiger charge is -2.17. The molecule has 0 aliphatic carbocycles. The quantitative estimate of drug-likeness (QED) is 0.778. The second-order valence-corrected chi connectivity index (χ2v) is 6.61. The lowest BCUT2D eigenvalue weighted by Crippen LogP contribution is -2.91. The number of imide groups is 1. The standard InChI is InChI=1S/C21H24N2O3/c1-3-13-26-18-11-9-17(10-12-18)23-20(24)14-19(21(23)25)22-15(2)16-7-5-4-6-8-16/h4-12,15,19,22H,3,13-14H2,1-2H3/p+1/t15-,19+/m0/s1. The molecule has 0 spiro atoms. The summed E-state index contributed by atoms with van der Waals surface area (Å²) in [5.41, 5.74) is 1.75. The summed E-state index contributed by atoms with van der Waals surface area (Å²) in [4.78, 5) is 26.5. The number of rotatable bonds is 7. The van der Waals surface area contributed by atoms with E-state index >= 15 is 0 Å². The maximum atomic E-state index is 12.8. The van der Waals surface area contributed by atoms with Crippen molar-refractivity contribution >= 4 is 17.5 Å². The third kappa shape index (κ3) is 3.94. The predicted molar refractivity (Wildman–Crippen MR) is 99.9 cm³/mol. The summed E-state index contributed by atoms with van der Waals surface area (Å²) in [6.07, 6.45) is 1.16. The van der Waals surface area contributed by atoms with Gasteiger partial charge < -0.3 is 10.1 Å². The van der Waals surface area contributed by atoms with Crippen molar-refractivity contribution in [2.75, 3.05) is 11.5 Å². The first-order chi connectivity index (χ1) is 12.6. The number of anilines is 1. The first-order valence-corrected chi connectivity index (χ1v) is 9.09. The van der Waals surface area contributed by atoms with E-state index in [1.807, 2.05) is 42.6 Å². The van der Waals surface area contributed by atoms with E-state index in [4.69, 9.17) is 4.74 Å². The van der Waals surface area contributed by atoms with Crippen molar-refractivity contribution in [3.63, 3.8) is 0 Å².